The molecule has 0 spiro atoms. The van der Waals surface area contributed by atoms with Gasteiger partial charge in [-0.25, -0.2) is 0 Å². The fourth-order valence-electron chi connectivity index (χ4n) is 2.25. The molecule has 24 heavy (non-hydrogen) atoms. The van der Waals surface area contributed by atoms with Gasteiger partial charge in [0.2, 0.25) is 0 Å². The molecular formula is C17H19NO5S. The standard InChI is InChI=1S/C17H19NO5S/c1-24(21,22)23-15-9-7-14(8-10-15)16(11-17(19)20)18-12-13-5-3-2-4-6-13/h2-10,16,18H,11-12H2,1H3,(H,19,20). The second-order valence-corrected chi connectivity index (χ2v) is 6.95. The van der Waals surface area contributed by atoms with Crippen LogP contribution in [0, 0.1) is 0 Å². The molecule has 0 saturated heterocycles. The smallest absolute Gasteiger partial charge is 0.306 e. The van der Waals surface area contributed by atoms with E-state index in [1.165, 1.54) is 12.1 Å². The highest BCUT2D eigenvalue weighted by molar-refractivity contribution is 7.86. The highest BCUT2D eigenvalue weighted by atomic mass is 32.2. The number of aliphatic carboxylic acids is 1. The summed E-state index contributed by atoms with van der Waals surface area (Å²) in [6, 6.07) is 15.6. The molecule has 2 aromatic rings. The van der Waals surface area contributed by atoms with Crippen molar-refractivity contribution in [3.05, 3.63) is 65.7 Å². The molecule has 0 saturated carbocycles. The van der Waals surface area contributed by atoms with E-state index in [2.05, 4.69) is 5.32 Å². The summed E-state index contributed by atoms with van der Waals surface area (Å²) in [5.74, 6) is -0.726. The van der Waals surface area contributed by atoms with E-state index in [-0.39, 0.29) is 12.2 Å². The molecule has 0 bridgehead atoms. The number of carboxylic acids is 1. The van der Waals surface area contributed by atoms with E-state index in [1.807, 2.05) is 30.3 Å². The van der Waals surface area contributed by atoms with Crippen molar-refractivity contribution in [1.29, 1.82) is 0 Å². The first kappa shape index (κ1) is 18.0. The van der Waals surface area contributed by atoms with Gasteiger partial charge in [-0.05, 0) is 23.3 Å². The Morgan fingerprint density at radius 3 is 2.29 bits per heavy atom. The maximum atomic E-state index is 11.1. The molecule has 0 heterocycles. The first-order chi connectivity index (χ1) is 11.3. The van der Waals surface area contributed by atoms with Gasteiger partial charge < -0.3 is 14.6 Å². The van der Waals surface area contributed by atoms with Gasteiger partial charge in [0.1, 0.15) is 5.75 Å². The summed E-state index contributed by atoms with van der Waals surface area (Å²) >= 11 is 0. The lowest BCUT2D eigenvalue weighted by Crippen LogP contribution is -2.23. The van der Waals surface area contributed by atoms with Crippen LogP contribution in [0.1, 0.15) is 23.6 Å². The fourth-order valence-corrected chi connectivity index (χ4v) is 2.71. The zero-order valence-electron chi connectivity index (χ0n) is 13.2. The number of rotatable bonds is 8. The summed E-state index contributed by atoms with van der Waals surface area (Å²) < 4.78 is 27.0. The molecule has 0 aliphatic carbocycles. The highest BCUT2D eigenvalue weighted by Gasteiger charge is 2.15. The molecule has 0 amide bonds. The highest BCUT2D eigenvalue weighted by Crippen LogP contribution is 2.22. The number of nitrogens with one attached hydrogen (secondary N) is 1. The second-order valence-electron chi connectivity index (χ2n) is 5.37. The lowest BCUT2D eigenvalue weighted by Gasteiger charge is -2.18. The Morgan fingerprint density at radius 1 is 1.12 bits per heavy atom. The molecule has 2 rings (SSSR count). The van der Waals surface area contributed by atoms with Crippen LogP contribution in [-0.4, -0.2) is 25.7 Å². The first-order valence-electron chi connectivity index (χ1n) is 7.32. The Hall–Kier alpha value is -2.38. The fraction of sp³-hybridized carbons (Fsp3) is 0.235. The maximum Gasteiger partial charge on any atom is 0.306 e. The van der Waals surface area contributed by atoms with Gasteiger partial charge in [-0.3, -0.25) is 4.79 Å². The lowest BCUT2D eigenvalue weighted by atomic mass is 10.0. The zero-order chi connectivity index (χ0) is 17.6. The topological polar surface area (TPSA) is 92.7 Å². The van der Waals surface area contributed by atoms with E-state index < -0.39 is 22.1 Å². The quantitative estimate of drug-likeness (QED) is 0.711. The van der Waals surface area contributed by atoms with Crippen LogP contribution in [0.15, 0.2) is 54.6 Å². The van der Waals surface area contributed by atoms with Crippen LogP contribution in [0.4, 0.5) is 0 Å². The number of carboxylic acid groups (broad SMARTS) is 1. The summed E-state index contributed by atoms with van der Waals surface area (Å²) in [6.45, 7) is 0.528. The average molecular weight is 349 g/mol. The van der Waals surface area contributed by atoms with Gasteiger partial charge in [-0.1, -0.05) is 42.5 Å². The molecular weight excluding hydrogens is 330 g/mol. The van der Waals surface area contributed by atoms with Crippen molar-refractivity contribution < 1.29 is 22.5 Å². The lowest BCUT2D eigenvalue weighted by molar-refractivity contribution is -0.137. The SMILES string of the molecule is CS(=O)(=O)Oc1ccc(C(CC(=O)O)NCc2ccccc2)cc1. The van der Waals surface area contributed by atoms with Gasteiger partial charge >= 0.3 is 16.1 Å². The van der Waals surface area contributed by atoms with Crippen LogP contribution in [0.3, 0.4) is 0 Å². The van der Waals surface area contributed by atoms with Gasteiger partial charge in [0, 0.05) is 12.6 Å². The van der Waals surface area contributed by atoms with E-state index in [0.717, 1.165) is 17.4 Å². The number of benzene rings is 2. The normalized spacial score (nSPS) is 12.5. The van der Waals surface area contributed by atoms with Crippen LogP contribution in [-0.2, 0) is 21.5 Å². The molecule has 128 valence electrons. The predicted molar refractivity (Wildman–Crippen MR) is 90.2 cm³/mol. The molecule has 2 aromatic carbocycles. The van der Waals surface area contributed by atoms with Crippen LogP contribution >= 0.6 is 0 Å². The molecule has 6 nitrogen and oxygen atoms in total. The average Bonchev–Trinajstić information content (AvgIpc) is 2.51. The molecule has 1 unspecified atom stereocenters. The Morgan fingerprint density at radius 2 is 1.75 bits per heavy atom. The third-order valence-corrected chi connectivity index (χ3v) is 3.80. The Balaban J connectivity index is 2.10. The minimum atomic E-state index is -3.59. The van der Waals surface area contributed by atoms with Gasteiger partial charge in [-0.2, -0.15) is 8.42 Å². The summed E-state index contributed by atoms with van der Waals surface area (Å²) in [5.41, 5.74) is 1.79. The van der Waals surface area contributed by atoms with Crippen LogP contribution < -0.4 is 9.50 Å². The Bertz CT molecular complexity index is 772. The molecule has 0 aliphatic rings. The summed E-state index contributed by atoms with van der Waals surface area (Å²) in [6.07, 6.45) is 0.884. The first-order valence-corrected chi connectivity index (χ1v) is 9.13. The minimum Gasteiger partial charge on any atom is -0.481 e. The van der Waals surface area contributed by atoms with Crippen molar-refractivity contribution in [2.75, 3.05) is 6.26 Å². The minimum absolute atomic E-state index is 0.0842. The zero-order valence-corrected chi connectivity index (χ0v) is 14.0. The molecule has 0 aliphatic heterocycles. The van der Waals surface area contributed by atoms with Crippen molar-refractivity contribution in [2.24, 2.45) is 0 Å². The summed E-state index contributed by atoms with van der Waals surface area (Å²) in [7, 11) is -3.59. The van der Waals surface area contributed by atoms with Gasteiger partial charge in [0.05, 0.1) is 12.7 Å². The molecule has 0 radical (unpaired) electrons. The summed E-state index contributed by atoms with van der Waals surface area (Å²) in [5, 5.41) is 12.3. The number of hydrogen-bond acceptors (Lipinski definition) is 5. The van der Waals surface area contributed by atoms with E-state index in [0.29, 0.717) is 6.54 Å². The van der Waals surface area contributed by atoms with Crippen LogP contribution in [0.25, 0.3) is 0 Å². The molecule has 0 aromatic heterocycles. The largest absolute Gasteiger partial charge is 0.481 e. The molecule has 0 fully saturated rings. The van der Waals surface area contributed by atoms with Crippen molar-refractivity contribution in [3.63, 3.8) is 0 Å². The van der Waals surface area contributed by atoms with Crippen molar-refractivity contribution in [1.82, 2.24) is 5.32 Å². The van der Waals surface area contributed by atoms with E-state index >= 15 is 0 Å². The molecule has 2 N–H and O–H groups in total. The molecule has 1 atom stereocenters. The number of hydrogen-bond donors (Lipinski definition) is 2. The third-order valence-electron chi connectivity index (χ3n) is 3.30. The predicted octanol–water partition coefficient (Wildman–Crippen LogP) is 2.33. The van der Waals surface area contributed by atoms with E-state index in [4.69, 9.17) is 9.29 Å². The second kappa shape index (κ2) is 7.94. The van der Waals surface area contributed by atoms with Crippen molar-refractivity contribution >= 4 is 16.1 Å². The van der Waals surface area contributed by atoms with Crippen molar-refractivity contribution in [3.8, 4) is 5.75 Å². The molecule has 7 heteroatoms. The van der Waals surface area contributed by atoms with Gasteiger partial charge in [0.15, 0.2) is 0 Å². The Kier molecular flexibility index (Phi) is 5.94. The van der Waals surface area contributed by atoms with Gasteiger partial charge in [0.25, 0.3) is 0 Å². The third kappa shape index (κ3) is 6.02. The Labute approximate surface area is 141 Å². The van der Waals surface area contributed by atoms with E-state index in [9.17, 15) is 13.2 Å². The number of carbonyl (C=O) groups is 1. The van der Waals surface area contributed by atoms with Crippen molar-refractivity contribution in [2.45, 2.75) is 19.0 Å². The maximum absolute atomic E-state index is 11.1. The monoisotopic (exact) mass is 349 g/mol. The van der Waals surface area contributed by atoms with Crippen LogP contribution in [0.2, 0.25) is 0 Å². The van der Waals surface area contributed by atoms with Gasteiger partial charge in [-0.15, -0.1) is 0 Å². The van der Waals surface area contributed by atoms with E-state index in [1.54, 1.807) is 12.1 Å². The van der Waals surface area contributed by atoms with Crippen LogP contribution in [0.5, 0.6) is 5.75 Å². The summed E-state index contributed by atoms with van der Waals surface area (Å²) in [4.78, 5) is 11.1.